The van der Waals surface area contributed by atoms with Gasteiger partial charge in [-0.05, 0) is 38.7 Å². The van der Waals surface area contributed by atoms with E-state index in [1.165, 1.54) is 16.9 Å². The number of nitrogens with one attached hydrogen (secondary N) is 1. The van der Waals surface area contributed by atoms with E-state index >= 15 is 0 Å². The largest absolute Gasteiger partial charge is 0.396 e. The van der Waals surface area contributed by atoms with E-state index in [0.717, 1.165) is 6.42 Å². The van der Waals surface area contributed by atoms with E-state index in [1.54, 1.807) is 0 Å². The summed E-state index contributed by atoms with van der Waals surface area (Å²) in [5, 5.41) is 8.78. The number of benzene rings is 1. The first-order valence-corrected chi connectivity index (χ1v) is 8.61. The second-order valence-corrected chi connectivity index (χ2v) is 7.65. The monoisotopic (exact) mass is 314 g/mol. The smallest absolute Gasteiger partial charge is 0.279 e. The first kappa shape index (κ1) is 18.1. The van der Waals surface area contributed by atoms with Gasteiger partial charge in [0.15, 0.2) is 0 Å². The molecule has 5 nitrogen and oxygen atoms in total. The number of hydrogen-bond donors (Lipinski definition) is 2. The van der Waals surface area contributed by atoms with Gasteiger partial charge in [0.2, 0.25) is 0 Å². The quantitative estimate of drug-likeness (QED) is 0.726. The highest BCUT2D eigenvalue weighted by atomic mass is 32.2. The van der Waals surface area contributed by atoms with E-state index in [1.807, 2.05) is 44.2 Å². The molecule has 0 unspecified atom stereocenters. The van der Waals surface area contributed by atoms with Crippen molar-refractivity contribution in [3.8, 4) is 0 Å². The Morgan fingerprint density at radius 1 is 1.24 bits per heavy atom. The molecule has 0 atom stereocenters. The van der Waals surface area contributed by atoms with E-state index < -0.39 is 15.7 Å². The zero-order valence-electron chi connectivity index (χ0n) is 13.0. The molecule has 21 heavy (non-hydrogen) atoms. The lowest BCUT2D eigenvalue weighted by Crippen LogP contribution is -2.49. The van der Waals surface area contributed by atoms with Gasteiger partial charge in [0, 0.05) is 25.7 Å². The standard InChI is InChI=1S/C15H26N2O3S/c1-15(2,11-10-14-8-5-4-6-9-14)16-21(19,20)17(3)12-7-13-18/h4-6,8-9,16,18H,7,10-13H2,1-3H3. The summed E-state index contributed by atoms with van der Waals surface area (Å²) < 4.78 is 28.4. The summed E-state index contributed by atoms with van der Waals surface area (Å²) in [6.45, 7) is 4.05. The molecule has 0 saturated heterocycles. The minimum Gasteiger partial charge on any atom is -0.396 e. The van der Waals surface area contributed by atoms with Crippen molar-refractivity contribution < 1.29 is 13.5 Å². The molecule has 0 saturated carbocycles. The number of aryl methyl sites for hydroxylation is 1. The third-order valence-corrected chi connectivity index (χ3v) is 5.14. The summed E-state index contributed by atoms with van der Waals surface area (Å²) in [7, 11) is -2.00. The van der Waals surface area contributed by atoms with Crippen LogP contribution >= 0.6 is 0 Å². The second-order valence-electron chi connectivity index (χ2n) is 5.88. The van der Waals surface area contributed by atoms with Crippen molar-refractivity contribution in [2.75, 3.05) is 20.2 Å². The lowest BCUT2D eigenvalue weighted by Gasteiger charge is -2.29. The molecule has 0 radical (unpaired) electrons. The maximum Gasteiger partial charge on any atom is 0.279 e. The van der Waals surface area contributed by atoms with Crippen LogP contribution in [0, 0.1) is 0 Å². The Morgan fingerprint density at radius 2 is 1.86 bits per heavy atom. The molecular weight excluding hydrogens is 288 g/mol. The third kappa shape index (κ3) is 6.56. The molecule has 0 amide bonds. The predicted octanol–water partition coefficient (Wildman–Crippen LogP) is 1.55. The average molecular weight is 314 g/mol. The Hall–Kier alpha value is -0.950. The number of aliphatic hydroxyl groups excluding tert-OH is 1. The first-order valence-electron chi connectivity index (χ1n) is 7.17. The van der Waals surface area contributed by atoms with Crippen molar-refractivity contribution in [2.24, 2.45) is 0 Å². The van der Waals surface area contributed by atoms with Gasteiger partial charge in [-0.2, -0.15) is 17.4 Å². The van der Waals surface area contributed by atoms with Crippen molar-refractivity contribution in [1.29, 1.82) is 0 Å². The highest BCUT2D eigenvalue weighted by Gasteiger charge is 2.27. The fourth-order valence-electron chi connectivity index (χ4n) is 1.99. The summed E-state index contributed by atoms with van der Waals surface area (Å²) in [5.74, 6) is 0. The van der Waals surface area contributed by atoms with Gasteiger partial charge in [0.25, 0.3) is 10.2 Å². The van der Waals surface area contributed by atoms with E-state index in [4.69, 9.17) is 5.11 Å². The van der Waals surface area contributed by atoms with Crippen LogP contribution in [0.3, 0.4) is 0 Å². The summed E-state index contributed by atoms with van der Waals surface area (Å²) in [5.41, 5.74) is 0.667. The normalized spacial score (nSPS) is 12.8. The number of hydrogen-bond acceptors (Lipinski definition) is 3. The molecule has 0 aliphatic carbocycles. The van der Waals surface area contributed by atoms with Crippen LogP contribution in [0.25, 0.3) is 0 Å². The molecule has 1 aromatic rings. The molecule has 0 spiro atoms. The molecule has 0 aliphatic heterocycles. The van der Waals surface area contributed by atoms with Crippen LogP contribution in [-0.2, 0) is 16.6 Å². The topological polar surface area (TPSA) is 69.6 Å². The summed E-state index contributed by atoms with van der Waals surface area (Å²) in [6, 6.07) is 10.0. The van der Waals surface area contributed by atoms with Crippen LogP contribution < -0.4 is 4.72 Å². The van der Waals surface area contributed by atoms with Crippen LogP contribution in [0.2, 0.25) is 0 Å². The molecule has 2 N–H and O–H groups in total. The summed E-state index contributed by atoms with van der Waals surface area (Å²) >= 11 is 0. The van der Waals surface area contributed by atoms with Crippen LogP contribution in [0.15, 0.2) is 30.3 Å². The SMILES string of the molecule is CN(CCCO)S(=O)(=O)NC(C)(C)CCc1ccccc1. The molecule has 120 valence electrons. The Balaban J connectivity index is 2.58. The number of nitrogens with zero attached hydrogens (tertiary/aromatic N) is 1. The van der Waals surface area contributed by atoms with Crippen LogP contribution in [0.5, 0.6) is 0 Å². The van der Waals surface area contributed by atoms with Gasteiger partial charge in [-0.1, -0.05) is 30.3 Å². The molecule has 0 bridgehead atoms. The van der Waals surface area contributed by atoms with Gasteiger partial charge in [0.05, 0.1) is 0 Å². The zero-order valence-corrected chi connectivity index (χ0v) is 13.9. The molecule has 0 fully saturated rings. The average Bonchev–Trinajstić information content (AvgIpc) is 2.42. The maximum atomic E-state index is 12.2. The molecule has 0 heterocycles. The van der Waals surface area contributed by atoms with Gasteiger partial charge in [-0.15, -0.1) is 0 Å². The van der Waals surface area contributed by atoms with Crippen molar-refractivity contribution >= 4 is 10.2 Å². The second kappa shape index (κ2) is 7.89. The lowest BCUT2D eigenvalue weighted by atomic mass is 9.97. The molecular formula is C15H26N2O3S. The molecule has 1 rings (SSSR count). The zero-order chi connectivity index (χ0) is 15.9. The first-order chi connectivity index (χ1) is 9.77. The highest BCUT2D eigenvalue weighted by molar-refractivity contribution is 7.87. The third-order valence-electron chi connectivity index (χ3n) is 3.33. The van der Waals surface area contributed by atoms with Gasteiger partial charge in [-0.3, -0.25) is 0 Å². The van der Waals surface area contributed by atoms with Gasteiger partial charge in [0.1, 0.15) is 0 Å². The van der Waals surface area contributed by atoms with Gasteiger partial charge < -0.3 is 5.11 Å². The molecule has 1 aromatic carbocycles. The predicted molar refractivity (Wildman–Crippen MR) is 85.2 cm³/mol. The summed E-state index contributed by atoms with van der Waals surface area (Å²) in [4.78, 5) is 0. The summed E-state index contributed by atoms with van der Waals surface area (Å²) in [6.07, 6.45) is 1.96. The minimum atomic E-state index is -3.52. The fourth-order valence-corrected chi connectivity index (χ4v) is 3.32. The minimum absolute atomic E-state index is 0.0166. The van der Waals surface area contributed by atoms with E-state index in [-0.39, 0.29) is 6.61 Å². The molecule has 0 aromatic heterocycles. The van der Waals surface area contributed by atoms with Crippen molar-refractivity contribution in [3.05, 3.63) is 35.9 Å². The van der Waals surface area contributed by atoms with Crippen LogP contribution in [0.4, 0.5) is 0 Å². The Kier molecular flexibility index (Phi) is 6.80. The number of rotatable bonds is 9. The van der Waals surface area contributed by atoms with Crippen LogP contribution in [0.1, 0.15) is 32.3 Å². The Bertz CT molecular complexity index is 515. The highest BCUT2D eigenvalue weighted by Crippen LogP contribution is 2.15. The van der Waals surface area contributed by atoms with Crippen LogP contribution in [-0.4, -0.2) is 43.6 Å². The van der Waals surface area contributed by atoms with Crippen molar-refractivity contribution in [1.82, 2.24) is 9.03 Å². The van der Waals surface area contributed by atoms with Gasteiger partial charge in [-0.25, -0.2) is 0 Å². The fraction of sp³-hybridized carbons (Fsp3) is 0.600. The van der Waals surface area contributed by atoms with Crippen molar-refractivity contribution in [2.45, 2.75) is 38.6 Å². The Morgan fingerprint density at radius 3 is 2.43 bits per heavy atom. The van der Waals surface area contributed by atoms with Gasteiger partial charge >= 0.3 is 0 Å². The van der Waals surface area contributed by atoms with E-state index in [0.29, 0.717) is 19.4 Å². The molecule has 6 heteroatoms. The molecule has 0 aliphatic rings. The lowest BCUT2D eigenvalue weighted by molar-refractivity contribution is 0.274. The van der Waals surface area contributed by atoms with E-state index in [9.17, 15) is 8.42 Å². The Labute approximate surface area is 128 Å². The number of aliphatic hydroxyl groups is 1. The van der Waals surface area contributed by atoms with E-state index in [2.05, 4.69) is 4.72 Å². The maximum absolute atomic E-state index is 12.2. The van der Waals surface area contributed by atoms with Crippen molar-refractivity contribution in [3.63, 3.8) is 0 Å².